The van der Waals surface area contributed by atoms with Gasteiger partial charge in [-0.25, -0.2) is 4.79 Å². The Morgan fingerprint density at radius 3 is 2.71 bits per heavy atom. The number of nitrogens with one attached hydrogen (secondary N) is 2. The lowest BCUT2D eigenvalue weighted by Crippen LogP contribution is -2.35. The summed E-state index contributed by atoms with van der Waals surface area (Å²) in [6.45, 7) is 7.68. The minimum absolute atomic E-state index is 0.0381. The van der Waals surface area contributed by atoms with Gasteiger partial charge in [0.05, 0.1) is 12.8 Å². The van der Waals surface area contributed by atoms with E-state index in [0.29, 0.717) is 31.9 Å². The fraction of sp³-hybridized carbons (Fsp3) is 0.588. The molecule has 1 heterocycles. The Hall–Kier alpha value is -2.31. The van der Waals surface area contributed by atoms with Crippen LogP contribution in [0.2, 0.25) is 0 Å². The van der Waals surface area contributed by atoms with E-state index in [-0.39, 0.29) is 17.9 Å². The molecule has 0 atom stereocenters. The molecule has 0 aliphatic carbocycles. The molecule has 0 aliphatic heterocycles. The Morgan fingerprint density at radius 1 is 1.29 bits per heavy atom. The number of aromatic nitrogens is 1. The van der Waals surface area contributed by atoms with Crippen molar-refractivity contribution in [1.82, 2.24) is 15.6 Å². The molecule has 7 heteroatoms. The van der Waals surface area contributed by atoms with E-state index in [9.17, 15) is 9.59 Å². The fourth-order valence-corrected chi connectivity index (χ4v) is 1.83. The predicted molar refractivity (Wildman–Crippen MR) is 90.9 cm³/mol. The SMILES string of the molecule is CC(C)(C)CCOc1cnccc1CNC(=O)NCCCC(=O)O. The molecule has 134 valence electrons. The van der Waals surface area contributed by atoms with E-state index < -0.39 is 5.97 Å². The van der Waals surface area contributed by atoms with Crippen LogP contribution in [-0.4, -0.2) is 35.2 Å². The summed E-state index contributed by atoms with van der Waals surface area (Å²) in [5.41, 5.74) is 1.04. The van der Waals surface area contributed by atoms with Gasteiger partial charge in [0.25, 0.3) is 0 Å². The molecule has 0 radical (unpaired) electrons. The van der Waals surface area contributed by atoms with Crippen LogP contribution in [0.3, 0.4) is 0 Å². The Morgan fingerprint density at radius 2 is 2.04 bits per heavy atom. The lowest BCUT2D eigenvalue weighted by Gasteiger charge is -2.19. The summed E-state index contributed by atoms with van der Waals surface area (Å²) >= 11 is 0. The summed E-state index contributed by atoms with van der Waals surface area (Å²) in [6.07, 6.45) is 4.65. The third-order valence-corrected chi connectivity index (χ3v) is 3.27. The van der Waals surface area contributed by atoms with Crippen molar-refractivity contribution in [2.24, 2.45) is 5.41 Å². The van der Waals surface area contributed by atoms with E-state index >= 15 is 0 Å². The van der Waals surface area contributed by atoms with Gasteiger partial charge in [-0.1, -0.05) is 20.8 Å². The molecule has 3 N–H and O–H groups in total. The fourth-order valence-electron chi connectivity index (χ4n) is 1.83. The number of carboxylic acids is 1. The van der Waals surface area contributed by atoms with Gasteiger partial charge in [0.2, 0.25) is 0 Å². The van der Waals surface area contributed by atoms with Crippen LogP contribution in [0, 0.1) is 5.41 Å². The lowest BCUT2D eigenvalue weighted by molar-refractivity contribution is -0.137. The Balaban J connectivity index is 2.39. The highest BCUT2D eigenvalue weighted by atomic mass is 16.5. The van der Waals surface area contributed by atoms with E-state index in [4.69, 9.17) is 9.84 Å². The highest BCUT2D eigenvalue weighted by molar-refractivity contribution is 5.74. The number of ether oxygens (including phenoxy) is 1. The summed E-state index contributed by atoms with van der Waals surface area (Å²) in [5, 5.41) is 13.9. The maximum atomic E-state index is 11.7. The molecule has 1 aromatic heterocycles. The van der Waals surface area contributed by atoms with E-state index in [1.807, 2.05) is 0 Å². The number of pyridine rings is 1. The first kappa shape index (κ1) is 19.7. The molecular formula is C17H27N3O4. The molecular weight excluding hydrogens is 310 g/mol. The number of carbonyl (C=O) groups excluding carboxylic acids is 1. The Kier molecular flexibility index (Phi) is 8.01. The zero-order chi connectivity index (χ0) is 18.0. The zero-order valence-corrected chi connectivity index (χ0v) is 14.6. The number of nitrogens with zero attached hydrogens (tertiary/aromatic N) is 1. The van der Waals surface area contributed by atoms with Gasteiger partial charge in [-0.2, -0.15) is 0 Å². The first-order valence-corrected chi connectivity index (χ1v) is 8.07. The number of carbonyl (C=O) groups is 2. The molecule has 1 rings (SSSR count). The van der Waals surface area contributed by atoms with Crippen LogP contribution >= 0.6 is 0 Å². The summed E-state index contributed by atoms with van der Waals surface area (Å²) in [6, 6.07) is 1.47. The number of urea groups is 1. The van der Waals surface area contributed by atoms with Crippen molar-refractivity contribution in [3.8, 4) is 5.75 Å². The number of hydrogen-bond acceptors (Lipinski definition) is 4. The highest BCUT2D eigenvalue weighted by Crippen LogP contribution is 2.21. The van der Waals surface area contributed by atoms with Crippen molar-refractivity contribution in [2.45, 2.75) is 46.6 Å². The maximum Gasteiger partial charge on any atom is 0.315 e. The van der Waals surface area contributed by atoms with Crippen LogP contribution in [0.4, 0.5) is 4.79 Å². The van der Waals surface area contributed by atoms with Crippen molar-refractivity contribution in [3.63, 3.8) is 0 Å². The summed E-state index contributed by atoms with van der Waals surface area (Å²) in [4.78, 5) is 26.1. The second-order valence-electron chi connectivity index (χ2n) is 6.75. The van der Waals surface area contributed by atoms with E-state index in [1.165, 1.54) is 0 Å². The smallest absolute Gasteiger partial charge is 0.315 e. The lowest BCUT2D eigenvalue weighted by atomic mass is 9.93. The predicted octanol–water partition coefficient (Wildman–Crippen LogP) is 2.56. The minimum Gasteiger partial charge on any atom is -0.492 e. The van der Waals surface area contributed by atoms with Gasteiger partial charge in [0.1, 0.15) is 5.75 Å². The monoisotopic (exact) mass is 337 g/mol. The van der Waals surface area contributed by atoms with Gasteiger partial charge < -0.3 is 20.5 Å². The Bertz CT molecular complexity index is 541. The first-order chi connectivity index (χ1) is 11.3. The first-order valence-electron chi connectivity index (χ1n) is 8.07. The van der Waals surface area contributed by atoms with Crippen LogP contribution in [0.5, 0.6) is 5.75 Å². The number of rotatable bonds is 9. The second kappa shape index (κ2) is 9.75. The molecule has 0 spiro atoms. The van der Waals surface area contributed by atoms with E-state index in [1.54, 1.807) is 18.5 Å². The molecule has 2 amide bonds. The molecule has 0 saturated heterocycles. The van der Waals surface area contributed by atoms with Crippen LogP contribution in [-0.2, 0) is 11.3 Å². The molecule has 0 aromatic carbocycles. The zero-order valence-electron chi connectivity index (χ0n) is 14.6. The quantitative estimate of drug-likeness (QED) is 0.601. The molecule has 0 bridgehead atoms. The van der Waals surface area contributed by atoms with Crippen molar-refractivity contribution < 1.29 is 19.4 Å². The third-order valence-electron chi connectivity index (χ3n) is 3.27. The Labute approximate surface area is 142 Å². The van der Waals surface area contributed by atoms with Crippen LogP contribution in [0.25, 0.3) is 0 Å². The van der Waals surface area contributed by atoms with Crippen molar-refractivity contribution in [2.75, 3.05) is 13.2 Å². The summed E-state index contributed by atoms with van der Waals surface area (Å²) in [7, 11) is 0. The van der Waals surface area contributed by atoms with Crippen LogP contribution < -0.4 is 15.4 Å². The van der Waals surface area contributed by atoms with Crippen molar-refractivity contribution in [1.29, 1.82) is 0 Å². The summed E-state index contributed by atoms with van der Waals surface area (Å²) < 4.78 is 5.77. The van der Waals surface area contributed by atoms with Crippen molar-refractivity contribution in [3.05, 3.63) is 24.0 Å². The number of amides is 2. The normalized spacial score (nSPS) is 11.0. The van der Waals surface area contributed by atoms with Crippen LogP contribution in [0.15, 0.2) is 18.5 Å². The van der Waals surface area contributed by atoms with Crippen LogP contribution in [0.1, 0.15) is 45.6 Å². The van der Waals surface area contributed by atoms with Gasteiger partial charge in [0.15, 0.2) is 0 Å². The molecule has 0 unspecified atom stereocenters. The van der Waals surface area contributed by atoms with E-state index in [0.717, 1.165) is 12.0 Å². The third kappa shape index (κ3) is 8.97. The molecule has 0 saturated carbocycles. The largest absolute Gasteiger partial charge is 0.492 e. The standard InChI is InChI=1S/C17H27N3O4/c1-17(2,3)7-10-24-14-12-18-9-6-13(14)11-20-16(23)19-8-4-5-15(21)22/h6,9,12H,4-5,7-8,10-11H2,1-3H3,(H,21,22)(H2,19,20,23). The van der Waals surface area contributed by atoms with Gasteiger partial charge in [-0.3, -0.25) is 9.78 Å². The average Bonchev–Trinajstić information content (AvgIpc) is 2.49. The second-order valence-corrected chi connectivity index (χ2v) is 6.75. The number of carboxylic acid groups (broad SMARTS) is 1. The van der Waals surface area contributed by atoms with Gasteiger partial charge in [-0.05, 0) is 24.3 Å². The average molecular weight is 337 g/mol. The number of hydrogen-bond donors (Lipinski definition) is 3. The minimum atomic E-state index is -0.869. The maximum absolute atomic E-state index is 11.7. The molecule has 7 nitrogen and oxygen atoms in total. The van der Waals surface area contributed by atoms with Crippen molar-refractivity contribution >= 4 is 12.0 Å². The van der Waals surface area contributed by atoms with Gasteiger partial charge in [-0.15, -0.1) is 0 Å². The molecule has 0 fully saturated rings. The van der Waals surface area contributed by atoms with Gasteiger partial charge >= 0.3 is 12.0 Å². The van der Waals surface area contributed by atoms with Gasteiger partial charge in [0, 0.05) is 31.3 Å². The number of aliphatic carboxylic acids is 1. The summed E-state index contributed by atoms with van der Waals surface area (Å²) in [5.74, 6) is -0.209. The van der Waals surface area contributed by atoms with E-state index in [2.05, 4.69) is 36.4 Å². The molecule has 0 aliphatic rings. The highest BCUT2D eigenvalue weighted by Gasteiger charge is 2.11. The molecule has 1 aromatic rings. The molecule has 24 heavy (non-hydrogen) atoms. The topological polar surface area (TPSA) is 101 Å².